The Morgan fingerprint density at radius 3 is 2.43 bits per heavy atom. The summed E-state index contributed by atoms with van der Waals surface area (Å²) in [4.78, 5) is 40.4. The Morgan fingerprint density at radius 1 is 1.03 bits per heavy atom. The fourth-order valence-corrected chi connectivity index (χ4v) is 4.19. The molecule has 0 saturated carbocycles. The predicted molar refractivity (Wildman–Crippen MR) is 140 cm³/mol. The maximum absolute atomic E-state index is 13.2. The molecule has 0 unspecified atom stereocenters. The van der Waals surface area contributed by atoms with Crippen LogP contribution in [-0.2, 0) is 16.1 Å². The Morgan fingerprint density at radius 2 is 1.76 bits per heavy atom. The summed E-state index contributed by atoms with van der Waals surface area (Å²) < 4.78 is 10.9. The molecule has 0 radical (unpaired) electrons. The molecule has 2 N–H and O–H groups in total. The van der Waals surface area contributed by atoms with Gasteiger partial charge < -0.3 is 20.1 Å². The minimum absolute atomic E-state index is 0.244. The van der Waals surface area contributed by atoms with Crippen LogP contribution in [0, 0.1) is 6.92 Å². The largest absolute Gasteiger partial charge is 0.497 e. The molecule has 1 fully saturated rings. The van der Waals surface area contributed by atoms with Gasteiger partial charge in [0.2, 0.25) is 5.91 Å². The smallest absolute Gasteiger partial charge is 0.411 e. The molecule has 3 amide bonds. The number of carbonyl (C=O) groups is 3. The Hall–Kier alpha value is -4.33. The summed E-state index contributed by atoms with van der Waals surface area (Å²) in [6.07, 6.45) is -0.620. The third-order valence-corrected chi connectivity index (χ3v) is 6.20. The van der Waals surface area contributed by atoms with E-state index in [1.54, 1.807) is 55.6 Å². The molecular weight excluding hydrogens is 470 g/mol. The van der Waals surface area contributed by atoms with Crippen LogP contribution in [0.25, 0.3) is 0 Å². The van der Waals surface area contributed by atoms with Crippen molar-refractivity contribution < 1.29 is 23.9 Å². The number of carbonyl (C=O) groups excluding carboxylic acids is 3. The van der Waals surface area contributed by atoms with Gasteiger partial charge in [0.15, 0.2) is 12.1 Å². The summed E-state index contributed by atoms with van der Waals surface area (Å²) >= 11 is 0. The van der Waals surface area contributed by atoms with Crippen molar-refractivity contribution in [2.45, 2.75) is 39.0 Å². The first-order valence-electron chi connectivity index (χ1n) is 12.3. The first-order valence-corrected chi connectivity index (χ1v) is 12.3. The molecule has 2 atom stereocenters. The van der Waals surface area contributed by atoms with Gasteiger partial charge in [-0.15, -0.1) is 0 Å². The number of anilines is 1. The zero-order chi connectivity index (χ0) is 26.4. The number of cyclic esters (lactones) is 1. The van der Waals surface area contributed by atoms with Gasteiger partial charge in [-0.2, -0.15) is 0 Å². The average Bonchev–Trinajstić information content (AvgIpc) is 3.24. The lowest BCUT2D eigenvalue weighted by molar-refractivity contribution is -0.126. The summed E-state index contributed by atoms with van der Waals surface area (Å²) in [5, 5.41) is 5.78. The van der Waals surface area contributed by atoms with Crippen molar-refractivity contribution in [2.24, 2.45) is 0 Å². The van der Waals surface area contributed by atoms with Gasteiger partial charge in [-0.3, -0.25) is 14.5 Å². The zero-order valence-electron chi connectivity index (χ0n) is 21.2. The van der Waals surface area contributed by atoms with Gasteiger partial charge in [0, 0.05) is 17.8 Å². The van der Waals surface area contributed by atoms with Crippen LogP contribution in [0.4, 0.5) is 10.5 Å². The van der Waals surface area contributed by atoms with Gasteiger partial charge in [-0.1, -0.05) is 48.9 Å². The standard InChI is InChI=1S/C29H31N3O5/c1-4-16-30-28(34)25-26(37-29(35)32(25)18-20-10-8-19(2)9-11-20)22-6-5-7-23(17-22)31-27(33)21-12-14-24(36-3)15-13-21/h5-15,17,25-26H,4,16,18H2,1-3H3,(H,30,34)(H,31,33)/t25-,26-/m0/s1. The third-order valence-electron chi connectivity index (χ3n) is 6.20. The molecule has 8 nitrogen and oxygen atoms in total. The summed E-state index contributed by atoms with van der Waals surface area (Å²) in [6.45, 7) is 4.69. The molecule has 1 heterocycles. The summed E-state index contributed by atoms with van der Waals surface area (Å²) in [5.74, 6) is 0.0862. The number of ether oxygens (including phenoxy) is 2. The molecule has 3 aromatic rings. The monoisotopic (exact) mass is 501 g/mol. The number of rotatable bonds is 9. The van der Waals surface area contributed by atoms with Crippen LogP contribution in [0.3, 0.4) is 0 Å². The van der Waals surface area contributed by atoms with E-state index in [-0.39, 0.29) is 18.4 Å². The van der Waals surface area contributed by atoms with Crippen LogP contribution < -0.4 is 15.4 Å². The van der Waals surface area contributed by atoms with Gasteiger partial charge in [0.05, 0.1) is 13.7 Å². The van der Waals surface area contributed by atoms with Gasteiger partial charge in [-0.25, -0.2) is 4.79 Å². The second kappa shape index (κ2) is 11.6. The van der Waals surface area contributed by atoms with Crippen LogP contribution >= 0.6 is 0 Å². The molecule has 3 aromatic carbocycles. The highest BCUT2D eigenvalue weighted by Crippen LogP contribution is 2.35. The van der Waals surface area contributed by atoms with Gasteiger partial charge in [-0.05, 0) is 60.9 Å². The van der Waals surface area contributed by atoms with Crippen molar-refractivity contribution in [3.8, 4) is 5.75 Å². The summed E-state index contributed by atoms with van der Waals surface area (Å²) in [6, 6.07) is 20.8. The number of nitrogens with one attached hydrogen (secondary N) is 2. The SMILES string of the molecule is CCCNC(=O)[C@@H]1[C@H](c2cccc(NC(=O)c3ccc(OC)cc3)c2)OC(=O)N1Cc1ccc(C)cc1. The first-order chi connectivity index (χ1) is 17.9. The van der Waals surface area contributed by atoms with Crippen LogP contribution in [-0.4, -0.2) is 42.5 Å². The maximum Gasteiger partial charge on any atom is 0.411 e. The van der Waals surface area contributed by atoms with Crippen molar-refractivity contribution in [1.29, 1.82) is 0 Å². The Labute approximate surface area is 216 Å². The van der Waals surface area contributed by atoms with Crippen molar-refractivity contribution in [3.63, 3.8) is 0 Å². The quantitative estimate of drug-likeness (QED) is 0.437. The van der Waals surface area contributed by atoms with E-state index >= 15 is 0 Å². The zero-order valence-corrected chi connectivity index (χ0v) is 21.2. The topological polar surface area (TPSA) is 97.0 Å². The lowest BCUT2D eigenvalue weighted by Crippen LogP contribution is -2.46. The molecule has 37 heavy (non-hydrogen) atoms. The third kappa shape index (κ3) is 6.09. The predicted octanol–water partition coefficient (Wildman–Crippen LogP) is 4.84. The second-order valence-corrected chi connectivity index (χ2v) is 8.96. The van der Waals surface area contributed by atoms with E-state index < -0.39 is 18.2 Å². The number of nitrogens with zero attached hydrogens (tertiary/aromatic N) is 1. The lowest BCUT2D eigenvalue weighted by atomic mass is 10.00. The summed E-state index contributed by atoms with van der Waals surface area (Å²) in [5.41, 5.74) is 3.62. The van der Waals surface area contributed by atoms with Crippen molar-refractivity contribution in [3.05, 3.63) is 95.1 Å². The van der Waals surface area contributed by atoms with E-state index in [2.05, 4.69) is 10.6 Å². The lowest BCUT2D eigenvalue weighted by Gasteiger charge is -2.24. The Balaban J connectivity index is 1.57. The fraction of sp³-hybridized carbons (Fsp3) is 0.276. The molecule has 0 aromatic heterocycles. The molecule has 1 aliphatic rings. The Bertz CT molecular complexity index is 1260. The normalized spacial score (nSPS) is 16.7. The molecule has 192 valence electrons. The number of aryl methyl sites for hydroxylation is 1. The van der Waals surface area contributed by atoms with Crippen LogP contribution in [0.2, 0.25) is 0 Å². The highest BCUT2D eigenvalue weighted by molar-refractivity contribution is 6.04. The minimum Gasteiger partial charge on any atom is -0.497 e. The molecule has 4 rings (SSSR count). The molecule has 8 heteroatoms. The number of benzene rings is 3. The van der Waals surface area contributed by atoms with Crippen molar-refractivity contribution in [1.82, 2.24) is 10.2 Å². The van der Waals surface area contributed by atoms with Crippen LogP contribution in [0.5, 0.6) is 5.75 Å². The van der Waals surface area contributed by atoms with Gasteiger partial charge in [0.25, 0.3) is 5.91 Å². The van der Waals surface area contributed by atoms with E-state index in [0.29, 0.717) is 29.1 Å². The van der Waals surface area contributed by atoms with Crippen molar-refractivity contribution >= 4 is 23.6 Å². The number of hydrogen-bond donors (Lipinski definition) is 2. The molecular formula is C29H31N3O5. The van der Waals surface area contributed by atoms with Gasteiger partial charge >= 0.3 is 6.09 Å². The maximum atomic E-state index is 13.2. The highest BCUT2D eigenvalue weighted by Gasteiger charge is 2.46. The Kier molecular flexibility index (Phi) is 8.08. The number of hydrogen-bond acceptors (Lipinski definition) is 5. The van der Waals surface area contributed by atoms with Gasteiger partial charge in [0.1, 0.15) is 5.75 Å². The number of amides is 3. The average molecular weight is 502 g/mol. The minimum atomic E-state index is -0.854. The van der Waals surface area contributed by atoms with E-state index in [9.17, 15) is 14.4 Å². The van der Waals surface area contributed by atoms with E-state index in [1.807, 2.05) is 38.1 Å². The molecule has 1 saturated heterocycles. The molecule has 0 spiro atoms. The highest BCUT2D eigenvalue weighted by atomic mass is 16.6. The summed E-state index contributed by atoms with van der Waals surface area (Å²) in [7, 11) is 1.56. The molecule has 0 bridgehead atoms. The number of methoxy groups -OCH3 is 1. The fourth-order valence-electron chi connectivity index (χ4n) is 4.19. The molecule has 0 aliphatic carbocycles. The van der Waals surface area contributed by atoms with E-state index in [4.69, 9.17) is 9.47 Å². The molecule has 1 aliphatic heterocycles. The van der Waals surface area contributed by atoms with E-state index in [1.165, 1.54) is 4.90 Å². The van der Waals surface area contributed by atoms with Crippen LogP contribution in [0.15, 0.2) is 72.8 Å². The second-order valence-electron chi connectivity index (χ2n) is 8.96. The van der Waals surface area contributed by atoms with Crippen molar-refractivity contribution in [2.75, 3.05) is 19.0 Å². The van der Waals surface area contributed by atoms with Crippen LogP contribution in [0.1, 0.15) is 46.5 Å². The first kappa shape index (κ1) is 25.8. The van der Waals surface area contributed by atoms with E-state index in [0.717, 1.165) is 17.5 Å².